The molecule has 0 atom stereocenters. The molecule has 0 bridgehead atoms. The first-order valence-electron chi connectivity index (χ1n) is 8.77. The standard InChI is InChI=1S/C18H26F3N3O/c1-2-22-17(24-15-7-9-16(25)10-8-15)23-12-11-13-3-5-14(6-4-13)18(19,20)21/h3-6,15-16,25H,2,7-12H2,1H3,(H2,22,23,24). The largest absolute Gasteiger partial charge is 0.416 e. The smallest absolute Gasteiger partial charge is 0.393 e. The molecule has 1 aliphatic carbocycles. The van der Waals surface area contributed by atoms with E-state index >= 15 is 0 Å². The second-order valence-electron chi connectivity index (χ2n) is 6.36. The van der Waals surface area contributed by atoms with E-state index in [1.807, 2.05) is 6.92 Å². The van der Waals surface area contributed by atoms with Gasteiger partial charge in [-0.25, -0.2) is 0 Å². The van der Waals surface area contributed by atoms with Crippen LogP contribution in [0.15, 0.2) is 29.3 Å². The van der Waals surface area contributed by atoms with Crippen LogP contribution in [0.3, 0.4) is 0 Å². The van der Waals surface area contributed by atoms with Gasteiger partial charge < -0.3 is 15.7 Å². The number of rotatable bonds is 5. The van der Waals surface area contributed by atoms with Gasteiger partial charge in [0, 0.05) is 19.1 Å². The number of halogens is 3. The van der Waals surface area contributed by atoms with E-state index in [1.54, 1.807) is 0 Å². The van der Waals surface area contributed by atoms with E-state index in [-0.39, 0.29) is 6.10 Å². The number of aliphatic hydroxyl groups excluding tert-OH is 1. The number of nitrogens with one attached hydrogen (secondary N) is 2. The zero-order valence-electron chi connectivity index (χ0n) is 14.4. The first-order chi connectivity index (χ1) is 11.9. The van der Waals surface area contributed by atoms with Gasteiger partial charge in [0.25, 0.3) is 0 Å². The second-order valence-corrected chi connectivity index (χ2v) is 6.36. The van der Waals surface area contributed by atoms with Crippen molar-refractivity contribution in [3.8, 4) is 0 Å². The zero-order chi connectivity index (χ0) is 18.3. The molecule has 2 rings (SSSR count). The van der Waals surface area contributed by atoms with Crippen LogP contribution in [-0.4, -0.2) is 36.3 Å². The van der Waals surface area contributed by atoms with Gasteiger partial charge in [0.15, 0.2) is 5.96 Å². The minimum Gasteiger partial charge on any atom is -0.393 e. The maximum absolute atomic E-state index is 12.6. The number of aliphatic imine (C=N–C) groups is 1. The number of hydrogen-bond acceptors (Lipinski definition) is 2. The highest BCUT2D eigenvalue weighted by atomic mass is 19.4. The van der Waals surface area contributed by atoms with Gasteiger partial charge in [-0.05, 0) is 56.7 Å². The Balaban J connectivity index is 1.86. The number of nitrogens with zero attached hydrogens (tertiary/aromatic N) is 1. The molecule has 0 unspecified atom stereocenters. The Morgan fingerprint density at radius 1 is 1.16 bits per heavy atom. The van der Waals surface area contributed by atoms with Crippen molar-refractivity contribution in [3.05, 3.63) is 35.4 Å². The van der Waals surface area contributed by atoms with Gasteiger partial charge >= 0.3 is 6.18 Å². The lowest BCUT2D eigenvalue weighted by atomic mass is 9.93. The molecule has 0 amide bonds. The third-order valence-electron chi connectivity index (χ3n) is 4.33. The maximum Gasteiger partial charge on any atom is 0.416 e. The SMILES string of the molecule is CCNC(=NCCc1ccc(C(F)(F)F)cc1)NC1CCC(O)CC1. The number of hydrogen-bond donors (Lipinski definition) is 3. The highest BCUT2D eigenvalue weighted by Crippen LogP contribution is 2.29. The van der Waals surface area contributed by atoms with Crippen molar-refractivity contribution >= 4 is 5.96 Å². The average molecular weight is 357 g/mol. The first kappa shape index (κ1) is 19.6. The van der Waals surface area contributed by atoms with Crippen molar-refractivity contribution in [1.29, 1.82) is 0 Å². The fourth-order valence-corrected chi connectivity index (χ4v) is 2.89. The molecule has 1 aliphatic rings. The summed E-state index contributed by atoms with van der Waals surface area (Å²) < 4.78 is 37.7. The van der Waals surface area contributed by atoms with Crippen LogP contribution in [0.2, 0.25) is 0 Å². The lowest BCUT2D eigenvalue weighted by Crippen LogP contribution is -2.45. The Morgan fingerprint density at radius 3 is 2.36 bits per heavy atom. The molecule has 3 N–H and O–H groups in total. The fourth-order valence-electron chi connectivity index (χ4n) is 2.89. The van der Waals surface area contributed by atoms with Crippen molar-refractivity contribution in [3.63, 3.8) is 0 Å². The van der Waals surface area contributed by atoms with E-state index < -0.39 is 11.7 Å². The lowest BCUT2D eigenvalue weighted by Gasteiger charge is -2.27. The molecule has 4 nitrogen and oxygen atoms in total. The van der Waals surface area contributed by atoms with Crippen LogP contribution in [0, 0.1) is 0 Å². The summed E-state index contributed by atoms with van der Waals surface area (Å²) in [5.41, 5.74) is 0.197. The quantitative estimate of drug-likeness (QED) is 0.561. The summed E-state index contributed by atoms with van der Waals surface area (Å²) in [6.07, 6.45) is -0.512. The Morgan fingerprint density at radius 2 is 1.80 bits per heavy atom. The summed E-state index contributed by atoms with van der Waals surface area (Å²) in [7, 11) is 0. The van der Waals surface area contributed by atoms with Gasteiger partial charge in [0.1, 0.15) is 0 Å². The monoisotopic (exact) mass is 357 g/mol. The third kappa shape index (κ3) is 6.57. The number of aliphatic hydroxyl groups is 1. The van der Waals surface area contributed by atoms with E-state index in [4.69, 9.17) is 0 Å². The van der Waals surface area contributed by atoms with Crippen molar-refractivity contribution in [2.24, 2.45) is 4.99 Å². The summed E-state index contributed by atoms with van der Waals surface area (Å²) in [5.74, 6) is 0.718. The predicted octanol–water partition coefficient (Wildman–Crippen LogP) is 3.11. The van der Waals surface area contributed by atoms with Crippen LogP contribution in [0.5, 0.6) is 0 Å². The van der Waals surface area contributed by atoms with Crippen LogP contribution in [-0.2, 0) is 12.6 Å². The van der Waals surface area contributed by atoms with Crippen molar-refractivity contribution < 1.29 is 18.3 Å². The van der Waals surface area contributed by atoms with Crippen molar-refractivity contribution in [1.82, 2.24) is 10.6 Å². The van der Waals surface area contributed by atoms with Crippen molar-refractivity contribution in [2.75, 3.05) is 13.1 Å². The molecular weight excluding hydrogens is 331 g/mol. The second kappa shape index (κ2) is 9.08. The van der Waals surface area contributed by atoms with E-state index in [1.165, 1.54) is 12.1 Å². The van der Waals surface area contributed by atoms with Crippen LogP contribution in [0.25, 0.3) is 0 Å². The molecule has 1 saturated carbocycles. The van der Waals surface area contributed by atoms with Gasteiger partial charge in [-0.2, -0.15) is 13.2 Å². The van der Waals surface area contributed by atoms with Crippen LogP contribution >= 0.6 is 0 Å². The molecule has 0 heterocycles. The molecular formula is C18H26F3N3O. The van der Waals surface area contributed by atoms with Crippen LogP contribution in [0.4, 0.5) is 13.2 Å². The van der Waals surface area contributed by atoms with Gasteiger partial charge in [-0.15, -0.1) is 0 Å². The molecule has 1 fully saturated rings. The maximum atomic E-state index is 12.6. The molecule has 0 spiro atoms. The van der Waals surface area contributed by atoms with Gasteiger partial charge in [0.05, 0.1) is 11.7 Å². The molecule has 140 valence electrons. The molecule has 1 aromatic rings. The Labute approximate surface area is 146 Å². The van der Waals surface area contributed by atoms with E-state index in [9.17, 15) is 18.3 Å². The summed E-state index contributed by atoms with van der Waals surface area (Å²) in [5, 5.41) is 16.1. The molecule has 25 heavy (non-hydrogen) atoms. The summed E-state index contributed by atoms with van der Waals surface area (Å²) >= 11 is 0. The minimum absolute atomic E-state index is 0.197. The number of guanidine groups is 1. The summed E-state index contributed by atoms with van der Waals surface area (Å²) in [6, 6.07) is 5.51. The van der Waals surface area contributed by atoms with E-state index in [0.717, 1.165) is 55.9 Å². The highest BCUT2D eigenvalue weighted by molar-refractivity contribution is 5.80. The number of alkyl halides is 3. The normalized spacial score (nSPS) is 21.9. The zero-order valence-corrected chi connectivity index (χ0v) is 14.4. The molecule has 0 saturated heterocycles. The third-order valence-corrected chi connectivity index (χ3v) is 4.33. The summed E-state index contributed by atoms with van der Waals surface area (Å²) in [6.45, 7) is 3.22. The Bertz CT molecular complexity index is 550. The summed E-state index contributed by atoms with van der Waals surface area (Å²) in [4.78, 5) is 4.50. The van der Waals surface area contributed by atoms with Crippen molar-refractivity contribution in [2.45, 2.75) is 57.3 Å². The van der Waals surface area contributed by atoms with E-state index in [0.29, 0.717) is 19.0 Å². The number of benzene rings is 1. The van der Waals surface area contributed by atoms with Crippen LogP contribution in [0.1, 0.15) is 43.7 Å². The van der Waals surface area contributed by atoms with Gasteiger partial charge in [0.2, 0.25) is 0 Å². The lowest BCUT2D eigenvalue weighted by molar-refractivity contribution is -0.137. The van der Waals surface area contributed by atoms with E-state index in [2.05, 4.69) is 15.6 Å². The molecule has 0 aliphatic heterocycles. The van der Waals surface area contributed by atoms with Crippen LogP contribution < -0.4 is 10.6 Å². The Kier molecular flexibility index (Phi) is 7.11. The molecule has 0 aromatic heterocycles. The van der Waals surface area contributed by atoms with Gasteiger partial charge in [-0.3, -0.25) is 4.99 Å². The first-order valence-corrected chi connectivity index (χ1v) is 8.77. The van der Waals surface area contributed by atoms with Gasteiger partial charge in [-0.1, -0.05) is 12.1 Å². The topological polar surface area (TPSA) is 56.7 Å². The fraction of sp³-hybridized carbons (Fsp3) is 0.611. The molecule has 0 radical (unpaired) electrons. The average Bonchev–Trinajstić information content (AvgIpc) is 2.57. The Hall–Kier alpha value is -1.76. The molecule has 1 aromatic carbocycles. The minimum atomic E-state index is -4.30. The highest BCUT2D eigenvalue weighted by Gasteiger charge is 2.29. The predicted molar refractivity (Wildman–Crippen MR) is 92.5 cm³/mol. The molecule has 7 heteroatoms.